The number of benzene rings is 20. The third kappa shape index (κ3) is 11.8. The van der Waals surface area contributed by atoms with E-state index in [1.54, 1.807) is 0 Å². The molecule has 20 rings (SSSR count). The van der Waals surface area contributed by atoms with Crippen LogP contribution in [0.25, 0.3) is 186 Å². The summed E-state index contributed by atoms with van der Waals surface area (Å²) in [5.41, 5.74) is 17.6. The molecule has 104 heavy (non-hydrogen) atoms. The number of fused-ring (bicyclic) bond motifs is 12. The van der Waals surface area contributed by atoms with Crippen molar-refractivity contribution in [3.8, 4) is 77.9 Å². The summed E-state index contributed by atoms with van der Waals surface area (Å²) in [6, 6.07) is 139. The Bertz CT molecular complexity index is 6560. The van der Waals surface area contributed by atoms with Crippen molar-refractivity contribution < 1.29 is 10.0 Å². The van der Waals surface area contributed by atoms with Gasteiger partial charge in [0, 0.05) is 4.47 Å². The molecule has 488 valence electrons. The highest BCUT2D eigenvalue weighted by atomic mass is 79.9. The van der Waals surface area contributed by atoms with Gasteiger partial charge >= 0.3 is 7.12 Å². The third-order valence-corrected chi connectivity index (χ3v) is 21.4. The van der Waals surface area contributed by atoms with E-state index < -0.39 is 7.12 Å². The van der Waals surface area contributed by atoms with Crippen LogP contribution in [-0.4, -0.2) is 17.2 Å². The largest absolute Gasteiger partial charge is 0.489 e. The van der Waals surface area contributed by atoms with Crippen LogP contribution in [0.4, 0.5) is 0 Å². The minimum Gasteiger partial charge on any atom is -0.423 e. The van der Waals surface area contributed by atoms with Gasteiger partial charge in [0.1, 0.15) is 0 Å². The predicted octanol–water partition coefficient (Wildman–Crippen LogP) is 26.7. The lowest BCUT2D eigenvalue weighted by molar-refractivity contribution is 0.426. The molecule has 0 amide bonds. The van der Waals surface area contributed by atoms with Gasteiger partial charge in [-0.1, -0.05) is 380 Å². The maximum absolute atomic E-state index is 10.2. The predicted molar refractivity (Wildman–Crippen MR) is 450 cm³/mol. The second kappa shape index (κ2) is 27.4. The summed E-state index contributed by atoms with van der Waals surface area (Å²) < 4.78 is 1.11. The molecule has 0 aliphatic heterocycles. The van der Waals surface area contributed by atoms with Crippen LogP contribution in [0.1, 0.15) is 0 Å². The SMILES string of the molecule is Brc1ccc(-c2ccc3ccc4ccccc4c3c2)cc1.OB(O)c1c2ccccc2c(-c2ccc(-c3cccc4ccccc34)cc2)c2ccccc12.c1ccc2c(-c3ccc(-c4c5ccccc5c(-c5ccc(-c6ccc7ccc8ccccc8c7c6)cc5)c5ccccc45)cc3)cccc2c1. The van der Waals surface area contributed by atoms with Crippen molar-refractivity contribution in [3.63, 3.8) is 0 Å². The van der Waals surface area contributed by atoms with Crippen molar-refractivity contribution >= 4 is 136 Å². The van der Waals surface area contributed by atoms with E-state index in [9.17, 15) is 10.0 Å². The summed E-state index contributed by atoms with van der Waals surface area (Å²) in [6.07, 6.45) is 0. The molecule has 0 aliphatic carbocycles. The van der Waals surface area contributed by atoms with Gasteiger partial charge in [0.2, 0.25) is 0 Å². The molecule has 0 aliphatic rings. The Hall–Kier alpha value is -12.5. The van der Waals surface area contributed by atoms with Gasteiger partial charge < -0.3 is 10.0 Å². The van der Waals surface area contributed by atoms with Crippen molar-refractivity contribution in [2.75, 3.05) is 0 Å². The zero-order valence-corrected chi connectivity index (χ0v) is 58.4. The Morgan fingerprint density at radius 3 is 0.750 bits per heavy atom. The van der Waals surface area contributed by atoms with Gasteiger partial charge in [-0.15, -0.1) is 0 Å². The first kappa shape index (κ1) is 63.6. The van der Waals surface area contributed by atoms with E-state index in [0.29, 0.717) is 5.46 Å². The molecule has 20 aromatic carbocycles. The molecule has 0 atom stereocenters. The van der Waals surface area contributed by atoms with Crippen molar-refractivity contribution in [3.05, 3.63) is 393 Å². The van der Waals surface area contributed by atoms with E-state index >= 15 is 0 Å². The van der Waals surface area contributed by atoms with Crippen LogP contribution in [0.3, 0.4) is 0 Å². The van der Waals surface area contributed by atoms with E-state index in [2.05, 4.69) is 368 Å². The van der Waals surface area contributed by atoms with E-state index in [-0.39, 0.29) is 0 Å². The molecule has 0 bridgehead atoms. The zero-order valence-electron chi connectivity index (χ0n) is 56.8. The first-order valence-electron chi connectivity index (χ1n) is 35.4. The Morgan fingerprint density at radius 2 is 0.404 bits per heavy atom. The van der Waals surface area contributed by atoms with E-state index in [4.69, 9.17) is 0 Å². The highest BCUT2D eigenvalue weighted by Gasteiger charge is 2.23. The molecule has 2 N–H and O–H groups in total. The molecule has 20 aromatic rings. The molecule has 0 spiro atoms. The maximum atomic E-state index is 10.2. The van der Waals surface area contributed by atoms with Gasteiger partial charge in [-0.3, -0.25) is 0 Å². The van der Waals surface area contributed by atoms with Gasteiger partial charge in [0.05, 0.1) is 0 Å². The third-order valence-electron chi connectivity index (χ3n) is 20.9. The lowest BCUT2D eigenvalue weighted by Crippen LogP contribution is -2.31. The monoisotopic (exact) mass is 1390 g/mol. The number of hydrogen-bond donors (Lipinski definition) is 2. The number of halogens is 1. The molecule has 0 aromatic heterocycles. The summed E-state index contributed by atoms with van der Waals surface area (Å²) >= 11 is 3.49. The van der Waals surface area contributed by atoms with Crippen LogP contribution in [-0.2, 0) is 0 Å². The van der Waals surface area contributed by atoms with Crippen LogP contribution in [0.2, 0.25) is 0 Å². The van der Waals surface area contributed by atoms with Crippen LogP contribution in [0.5, 0.6) is 0 Å². The first-order valence-corrected chi connectivity index (χ1v) is 36.2. The smallest absolute Gasteiger partial charge is 0.423 e. The summed E-state index contributed by atoms with van der Waals surface area (Å²) in [5.74, 6) is 0. The topological polar surface area (TPSA) is 40.5 Å². The van der Waals surface area contributed by atoms with Gasteiger partial charge in [0.15, 0.2) is 0 Å². The molecule has 0 heterocycles. The Morgan fingerprint density at radius 1 is 0.173 bits per heavy atom. The van der Waals surface area contributed by atoms with Crippen LogP contribution < -0.4 is 5.46 Å². The summed E-state index contributed by atoms with van der Waals surface area (Å²) in [5, 5.41) is 44.5. The van der Waals surface area contributed by atoms with Crippen LogP contribution >= 0.6 is 15.9 Å². The zero-order chi connectivity index (χ0) is 69.6. The Kier molecular flexibility index (Phi) is 16.8. The fourth-order valence-corrected chi connectivity index (χ4v) is 16.2. The van der Waals surface area contributed by atoms with Crippen molar-refractivity contribution in [2.45, 2.75) is 0 Å². The Labute approximate surface area is 612 Å². The molecule has 0 radical (unpaired) electrons. The summed E-state index contributed by atoms with van der Waals surface area (Å²) in [7, 11) is -1.54. The molecule has 0 unspecified atom stereocenters. The highest BCUT2D eigenvalue weighted by Crippen LogP contribution is 2.46. The summed E-state index contributed by atoms with van der Waals surface area (Å²) in [4.78, 5) is 0. The van der Waals surface area contributed by atoms with Crippen molar-refractivity contribution in [2.24, 2.45) is 0 Å². The van der Waals surface area contributed by atoms with E-state index in [1.165, 1.54) is 153 Å². The molecular weight excluding hydrogens is 1320 g/mol. The van der Waals surface area contributed by atoms with Crippen molar-refractivity contribution in [1.82, 2.24) is 0 Å². The van der Waals surface area contributed by atoms with Gasteiger partial charge in [-0.2, -0.15) is 0 Å². The Balaban J connectivity index is 0.000000122. The fraction of sp³-hybridized carbons (Fsp3) is 0. The van der Waals surface area contributed by atoms with Gasteiger partial charge in [-0.25, -0.2) is 0 Å². The van der Waals surface area contributed by atoms with E-state index in [0.717, 1.165) is 37.1 Å². The summed E-state index contributed by atoms with van der Waals surface area (Å²) in [6.45, 7) is 0. The van der Waals surface area contributed by atoms with Crippen LogP contribution in [0, 0.1) is 0 Å². The molecule has 0 saturated carbocycles. The molecule has 0 saturated heterocycles. The lowest BCUT2D eigenvalue weighted by atomic mass is 9.72. The quantitative estimate of drug-likeness (QED) is 0.0904. The minimum atomic E-state index is -1.54. The average molecular weight is 1390 g/mol. The number of hydrogen-bond acceptors (Lipinski definition) is 2. The lowest BCUT2D eigenvalue weighted by Gasteiger charge is -2.18. The minimum absolute atomic E-state index is 0.553. The molecule has 0 fully saturated rings. The fourth-order valence-electron chi connectivity index (χ4n) is 15.9. The van der Waals surface area contributed by atoms with Gasteiger partial charge in [-0.05, 0) is 215 Å². The maximum Gasteiger partial charge on any atom is 0.489 e. The van der Waals surface area contributed by atoms with Crippen molar-refractivity contribution in [1.29, 1.82) is 0 Å². The second-order valence-corrected chi connectivity index (χ2v) is 27.7. The molecule has 4 heteroatoms. The average Bonchev–Trinajstić information content (AvgIpc) is 0.729. The first-order chi connectivity index (χ1) is 51.3. The standard InChI is InChI=1S/C50H32.C30H21BO2.C20H13Br/c1-3-13-41-34(10-1)12-9-19-42(41)36-24-29-39(30-25-36)50-46-17-7-5-15-44(46)49(45-16-6-8-18-47(45)50)38-27-20-33(21-28-38)40-31-26-37-23-22-35-11-2-4-14-43(35)48(37)32-40;32-31(33)30-27-13-5-3-11-25(27)29(26-12-4-6-14-28(26)30)22-18-16-21(17-19-22)24-15-7-9-20-8-1-2-10-23(20)24;21-18-11-9-14(10-12-18)17-8-7-16-6-5-15-3-1-2-4-19(15)20(16)13-17/h1-32H;1-19,32-33H;1-13H. The van der Waals surface area contributed by atoms with Gasteiger partial charge in [0.25, 0.3) is 0 Å². The number of rotatable bonds is 8. The second-order valence-electron chi connectivity index (χ2n) is 26.8. The normalized spacial score (nSPS) is 11.4. The van der Waals surface area contributed by atoms with E-state index in [1.807, 2.05) is 36.4 Å². The highest BCUT2D eigenvalue weighted by molar-refractivity contribution is 9.10. The molecule has 2 nitrogen and oxygen atoms in total. The van der Waals surface area contributed by atoms with Crippen LogP contribution in [0.15, 0.2) is 393 Å². The molecular formula is C100H66BBrO2.